The van der Waals surface area contributed by atoms with Crippen molar-refractivity contribution < 1.29 is 24.2 Å². The molecule has 2 aromatic heterocycles. The molecule has 1 N–H and O–H groups in total. The number of aliphatic hydroxyl groups is 1. The molecule has 3 heterocycles. The van der Waals surface area contributed by atoms with E-state index in [4.69, 9.17) is 9.47 Å². The van der Waals surface area contributed by atoms with E-state index in [0.717, 1.165) is 25.2 Å². The van der Waals surface area contributed by atoms with Crippen LogP contribution in [0.4, 0.5) is 0 Å². The molecule has 1 saturated heterocycles. The largest absolute Gasteiger partial charge is 0.505 e. The SMILES string of the molecule is CCN(CC)CCCN1C(=O)C(=O)C(=C(O)c2nc3c(C)cccn3c2C)C1c1ccc(OC)c(OC)c1. The van der Waals surface area contributed by atoms with E-state index in [1.54, 1.807) is 30.2 Å². The van der Waals surface area contributed by atoms with Crippen LogP contribution in [-0.2, 0) is 9.59 Å². The predicted octanol–water partition coefficient (Wildman–Crippen LogP) is 4.12. The fourth-order valence-corrected chi connectivity index (χ4v) is 5.16. The van der Waals surface area contributed by atoms with Crippen molar-refractivity contribution in [3.63, 3.8) is 0 Å². The van der Waals surface area contributed by atoms with Crippen LogP contribution in [0.25, 0.3) is 11.4 Å². The summed E-state index contributed by atoms with van der Waals surface area (Å²) >= 11 is 0. The molecule has 38 heavy (non-hydrogen) atoms. The molecular formula is C29H36N4O5. The normalized spacial score (nSPS) is 17.1. The molecule has 0 bridgehead atoms. The van der Waals surface area contributed by atoms with Crippen molar-refractivity contribution in [2.45, 2.75) is 40.2 Å². The summed E-state index contributed by atoms with van der Waals surface area (Å²) in [6.45, 7) is 10.9. The summed E-state index contributed by atoms with van der Waals surface area (Å²) in [5.41, 5.74) is 3.24. The summed E-state index contributed by atoms with van der Waals surface area (Å²) < 4.78 is 12.8. The number of carbonyl (C=O) groups is 2. The van der Waals surface area contributed by atoms with E-state index in [-0.39, 0.29) is 17.0 Å². The van der Waals surface area contributed by atoms with Gasteiger partial charge in [0, 0.05) is 12.7 Å². The Hall–Kier alpha value is -3.85. The van der Waals surface area contributed by atoms with E-state index in [1.165, 1.54) is 7.11 Å². The van der Waals surface area contributed by atoms with Crippen LogP contribution in [0, 0.1) is 13.8 Å². The third kappa shape index (κ3) is 4.74. The van der Waals surface area contributed by atoms with Gasteiger partial charge in [-0.25, -0.2) is 4.98 Å². The van der Waals surface area contributed by atoms with Crippen molar-refractivity contribution in [1.82, 2.24) is 19.2 Å². The minimum Gasteiger partial charge on any atom is -0.505 e. The summed E-state index contributed by atoms with van der Waals surface area (Å²) in [7, 11) is 3.08. The number of imidazole rings is 1. The Morgan fingerprint density at radius 3 is 2.42 bits per heavy atom. The van der Waals surface area contributed by atoms with Gasteiger partial charge in [0.25, 0.3) is 11.7 Å². The van der Waals surface area contributed by atoms with Gasteiger partial charge in [-0.2, -0.15) is 0 Å². The number of fused-ring (bicyclic) bond motifs is 1. The topological polar surface area (TPSA) is 96.6 Å². The zero-order valence-corrected chi connectivity index (χ0v) is 22.9. The molecule has 1 amide bonds. The predicted molar refractivity (Wildman–Crippen MR) is 146 cm³/mol. The molecule has 1 unspecified atom stereocenters. The van der Waals surface area contributed by atoms with E-state index < -0.39 is 17.7 Å². The highest BCUT2D eigenvalue weighted by Crippen LogP contribution is 2.42. The summed E-state index contributed by atoms with van der Waals surface area (Å²) in [5.74, 6) is -0.642. The number of nitrogens with zero attached hydrogens (tertiary/aromatic N) is 4. The molecule has 9 nitrogen and oxygen atoms in total. The van der Waals surface area contributed by atoms with Crippen molar-refractivity contribution in [3.8, 4) is 11.5 Å². The molecule has 4 rings (SSSR count). The lowest BCUT2D eigenvalue weighted by Crippen LogP contribution is -2.33. The number of likely N-dealkylation sites (tertiary alicyclic amines) is 1. The maximum absolute atomic E-state index is 13.5. The van der Waals surface area contributed by atoms with E-state index >= 15 is 0 Å². The number of Topliss-reactive ketones (excluding diaryl/α,β-unsaturated/α-hetero) is 1. The second-order valence-electron chi connectivity index (χ2n) is 9.42. The fourth-order valence-electron chi connectivity index (χ4n) is 5.16. The van der Waals surface area contributed by atoms with Crippen molar-refractivity contribution in [3.05, 3.63) is 64.6 Å². The highest BCUT2D eigenvalue weighted by Gasteiger charge is 2.46. The third-order valence-corrected chi connectivity index (χ3v) is 7.34. The van der Waals surface area contributed by atoms with Crippen molar-refractivity contribution in [2.75, 3.05) is 40.4 Å². The van der Waals surface area contributed by atoms with Crippen LogP contribution in [0.5, 0.6) is 11.5 Å². The van der Waals surface area contributed by atoms with E-state index in [0.29, 0.717) is 41.4 Å². The van der Waals surface area contributed by atoms with Gasteiger partial charge in [0.2, 0.25) is 0 Å². The smallest absolute Gasteiger partial charge is 0.295 e. The molecule has 3 aromatic rings. The number of aliphatic hydroxyl groups excluding tert-OH is 1. The van der Waals surface area contributed by atoms with Gasteiger partial charge in [0.15, 0.2) is 17.3 Å². The summed E-state index contributed by atoms with van der Waals surface area (Å²) in [6, 6.07) is 8.33. The molecule has 1 aromatic carbocycles. The molecule has 1 aliphatic rings. The lowest BCUT2D eigenvalue weighted by atomic mass is 9.96. The van der Waals surface area contributed by atoms with Crippen molar-refractivity contribution in [1.29, 1.82) is 0 Å². The van der Waals surface area contributed by atoms with Gasteiger partial charge in [-0.15, -0.1) is 0 Å². The Labute approximate surface area is 223 Å². The van der Waals surface area contributed by atoms with Crippen molar-refractivity contribution >= 4 is 23.1 Å². The average Bonchev–Trinajstić information content (AvgIpc) is 3.40. The second kappa shape index (κ2) is 11.3. The first kappa shape index (κ1) is 27.2. The van der Waals surface area contributed by atoms with Crippen LogP contribution >= 0.6 is 0 Å². The Morgan fingerprint density at radius 1 is 1.08 bits per heavy atom. The first-order chi connectivity index (χ1) is 18.3. The molecular weight excluding hydrogens is 484 g/mol. The van der Waals surface area contributed by atoms with Gasteiger partial charge in [0.05, 0.1) is 31.5 Å². The number of methoxy groups -OCH3 is 2. The fraction of sp³-hybridized carbons (Fsp3) is 0.414. The zero-order chi connectivity index (χ0) is 27.6. The van der Waals surface area contributed by atoms with Gasteiger partial charge in [-0.3, -0.25) is 9.59 Å². The third-order valence-electron chi connectivity index (χ3n) is 7.34. The standard InChI is InChI=1S/C29H36N4O5/c1-7-31(8-2)14-10-16-33-25(20-12-13-21(37-5)22(17-20)38-6)23(27(35)29(33)36)26(34)24-19(4)32-15-9-11-18(3)28(32)30-24/h9,11-13,15,17,25,34H,7-8,10,14,16H2,1-6H3. The van der Waals surface area contributed by atoms with Gasteiger partial charge in [0.1, 0.15) is 11.3 Å². The first-order valence-electron chi connectivity index (χ1n) is 12.9. The monoisotopic (exact) mass is 520 g/mol. The molecule has 202 valence electrons. The number of hydrogen-bond donors (Lipinski definition) is 1. The average molecular weight is 521 g/mol. The molecule has 1 aliphatic heterocycles. The first-order valence-corrected chi connectivity index (χ1v) is 12.9. The number of amides is 1. The second-order valence-corrected chi connectivity index (χ2v) is 9.42. The molecule has 0 aliphatic carbocycles. The van der Waals surface area contributed by atoms with Crippen LogP contribution < -0.4 is 9.47 Å². The van der Waals surface area contributed by atoms with Crippen molar-refractivity contribution in [2.24, 2.45) is 0 Å². The van der Waals surface area contributed by atoms with E-state index in [1.807, 2.05) is 36.6 Å². The lowest BCUT2D eigenvalue weighted by molar-refractivity contribution is -0.140. The number of pyridine rings is 1. The minimum atomic E-state index is -0.795. The molecule has 1 fully saturated rings. The molecule has 9 heteroatoms. The summed E-state index contributed by atoms with van der Waals surface area (Å²) in [5, 5.41) is 11.6. The number of hydrogen-bond acceptors (Lipinski definition) is 7. The lowest BCUT2D eigenvalue weighted by Gasteiger charge is -2.27. The van der Waals surface area contributed by atoms with Gasteiger partial charge in [-0.05, 0) is 69.2 Å². The summed E-state index contributed by atoms with van der Waals surface area (Å²) in [6.07, 6.45) is 2.55. The highest BCUT2D eigenvalue weighted by atomic mass is 16.5. The Kier molecular flexibility index (Phi) is 8.06. The van der Waals surface area contributed by atoms with Crippen LogP contribution in [0.15, 0.2) is 42.1 Å². The Morgan fingerprint density at radius 2 is 1.79 bits per heavy atom. The maximum Gasteiger partial charge on any atom is 0.295 e. The maximum atomic E-state index is 13.5. The molecule has 0 spiro atoms. The number of ether oxygens (including phenoxy) is 2. The number of aryl methyl sites for hydroxylation is 2. The minimum absolute atomic E-state index is 0.0224. The van der Waals surface area contributed by atoms with Crippen LogP contribution in [0.3, 0.4) is 0 Å². The summed E-state index contributed by atoms with van der Waals surface area (Å²) in [4.78, 5) is 35.3. The molecule has 0 saturated carbocycles. The van der Waals surface area contributed by atoms with E-state index in [2.05, 4.69) is 23.7 Å². The van der Waals surface area contributed by atoms with Gasteiger partial charge in [-0.1, -0.05) is 26.0 Å². The van der Waals surface area contributed by atoms with Gasteiger partial charge < -0.3 is 28.8 Å². The number of rotatable bonds is 10. The number of benzene rings is 1. The molecule has 0 radical (unpaired) electrons. The van der Waals surface area contributed by atoms with Crippen LogP contribution in [0.2, 0.25) is 0 Å². The highest BCUT2D eigenvalue weighted by molar-refractivity contribution is 6.46. The van der Waals surface area contributed by atoms with Crippen LogP contribution in [-0.4, -0.2) is 76.4 Å². The van der Waals surface area contributed by atoms with Gasteiger partial charge >= 0.3 is 0 Å². The number of ketones is 1. The Bertz CT molecular complexity index is 1390. The quantitative estimate of drug-likeness (QED) is 0.244. The van der Waals surface area contributed by atoms with E-state index in [9.17, 15) is 14.7 Å². The number of carbonyl (C=O) groups excluding carboxylic acids is 2. The zero-order valence-electron chi connectivity index (χ0n) is 22.9. The molecule has 1 atom stereocenters. The van der Waals surface area contributed by atoms with Crippen LogP contribution in [0.1, 0.15) is 48.8 Å². The Balaban J connectivity index is 1.86. The number of aromatic nitrogens is 2.